The van der Waals surface area contributed by atoms with Gasteiger partial charge in [-0.25, -0.2) is 0 Å². The highest BCUT2D eigenvalue weighted by atomic mass is 15.1. The van der Waals surface area contributed by atoms with Gasteiger partial charge in [0, 0.05) is 5.56 Å². The number of rotatable bonds is 1. The lowest BCUT2D eigenvalue weighted by Gasteiger charge is -2.28. The highest BCUT2D eigenvalue weighted by Crippen LogP contribution is 2.15. The minimum Gasteiger partial charge on any atom is -0.292 e. The fourth-order valence-corrected chi connectivity index (χ4v) is 2.35. The predicted octanol–water partition coefficient (Wildman–Crippen LogP) is 3.39. The van der Waals surface area contributed by atoms with Crippen LogP contribution in [-0.4, -0.2) is 24.5 Å². The number of hydrogen-bond donors (Lipinski definition) is 0. The summed E-state index contributed by atoms with van der Waals surface area (Å²) >= 11 is 0. The van der Waals surface area contributed by atoms with E-state index in [1.54, 1.807) is 0 Å². The van der Waals surface area contributed by atoms with Gasteiger partial charge in [0.25, 0.3) is 0 Å². The molecule has 96 valence electrons. The average Bonchev–Trinajstić information content (AvgIpc) is 2.37. The molecule has 0 saturated carbocycles. The first-order valence-electron chi connectivity index (χ1n) is 6.94. The molecule has 0 amide bonds. The van der Waals surface area contributed by atoms with E-state index in [1.165, 1.54) is 42.6 Å². The summed E-state index contributed by atoms with van der Waals surface area (Å²) in [6, 6.07) is 6.36. The Morgan fingerprint density at radius 1 is 1.22 bits per heavy atom. The van der Waals surface area contributed by atoms with Gasteiger partial charge < -0.3 is 0 Å². The Kier molecular flexibility index (Phi) is 4.44. The van der Waals surface area contributed by atoms with Gasteiger partial charge in [-0.3, -0.25) is 4.90 Å². The number of hydrogen-bond acceptors (Lipinski definition) is 1. The number of benzene rings is 1. The highest BCUT2D eigenvalue weighted by Gasteiger charge is 2.13. The van der Waals surface area contributed by atoms with E-state index in [0.29, 0.717) is 0 Å². The van der Waals surface area contributed by atoms with Crippen LogP contribution in [0.25, 0.3) is 0 Å². The van der Waals surface area contributed by atoms with Crippen LogP contribution in [0.1, 0.15) is 36.5 Å². The molecule has 1 aliphatic heterocycles. The van der Waals surface area contributed by atoms with E-state index in [2.05, 4.69) is 55.7 Å². The molecule has 0 N–H and O–H groups in total. The topological polar surface area (TPSA) is 3.24 Å². The zero-order valence-electron chi connectivity index (χ0n) is 11.8. The number of aryl methyl sites for hydroxylation is 1. The molecule has 0 unspecified atom stereocenters. The van der Waals surface area contributed by atoms with Crippen LogP contribution in [0.4, 0.5) is 0 Å². The third-order valence-corrected chi connectivity index (χ3v) is 4.01. The fourth-order valence-electron chi connectivity index (χ4n) is 2.35. The molecule has 1 saturated heterocycles. The molecule has 1 fully saturated rings. The van der Waals surface area contributed by atoms with Gasteiger partial charge >= 0.3 is 0 Å². The summed E-state index contributed by atoms with van der Waals surface area (Å²) in [4.78, 5) is 2.47. The largest absolute Gasteiger partial charge is 0.292 e. The van der Waals surface area contributed by atoms with Crippen LogP contribution in [0.5, 0.6) is 0 Å². The Hall–Kier alpha value is -1.26. The maximum atomic E-state index is 3.33. The van der Waals surface area contributed by atoms with Crippen LogP contribution < -0.4 is 0 Å². The van der Waals surface area contributed by atoms with Gasteiger partial charge in [0.1, 0.15) is 0 Å². The van der Waals surface area contributed by atoms with Gasteiger partial charge in [-0.05, 0) is 62.9 Å². The SMILES string of the molecule is Cc1cccc(C#CCN2CCC(C)CC2)c1C. The second-order valence-electron chi connectivity index (χ2n) is 5.51. The summed E-state index contributed by atoms with van der Waals surface area (Å²) in [6.07, 6.45) is 2.65. The monoisotopic (exact) mass is 241 g/mol. The Morgan fingerprint density at radius 3 is 2.67 bits per heavy atom. The summed E-state index contributed by atoms with van der Waals surface area (Å²) < 4.78 is 0. The average molecular weight is 241 g/mol. The fraction of sp³-hybridized carbons (Fsp3) is 0.529. The number of likely N-dealkylation sites (tertiary alicyclic amines) is 1. The quantitative estimate of drug-likeness (QED) is 0.681. The zero-order valence-corrected chi connectivity index (χ0v) is 11.8. The minimum atomic E-state index is 0.897. The Morgan fingerprint density at radius 2 is 1.94 bits per heavy atom. The normalized spacial score (nSPS) is 17.3. The van der Waals surface area contributed by atoms with E-state index in [9.17, 15) is 0 Å². The van der Waals surface area contributed by atoms with Crippen molar-refractivity contribution in [3.05, 3.63) is 34.9 Å². The van der Waals surface area contributed by atoms with Crippen LogP contribution in [0.2, 0.25) is 0 Å². The predicted molar refractivity (Wildman–Crippen MR) is 77.6 cm³/mol. The Labute approximate surface area is 111 Å². The molecule has 0 aromatic heterocycles. The summed E-state index contributed by atoms with van der Waals surface area (Å²) in [5.74, 6) is 7.55. The van der Waals surface area contributed by atoms with Crippen molar-refractivity contribution in [1.82, 2.24) is 4.90 Å². The van der Waals surface area contributed by atoms with Crippen molar-refractivity contribution < 1.29 is 0 Å². The van der Waals surface area contributed by atoms with Crippen molar-refractivity contribution in [2.45, 2.75) is 33.6 Å². The minimum absolute atomic E-state index is 0.897. The standard InChI is InChI=1S/C17H23N/c1-14-9-12-18(13-10-14)11-5-8-17-7-4-6-15(2)16(17)3/h4,6-7,14H,9-13H2,1-3H3. The lowest BCUT2D eigenvalue weighted by atomic mass is 9.99. The summed E-state index contributed by atoms with van der Waals surface area (Å²) in [6.45, 7) is 9.99. The Balaban J connectivity index is 1.94. The van der Waals surface area contributed by atoms with Crippen LogP contribution >= 0.6 is 0 Å². The van der Waals surface area contributed by atoms with Gasteiger partial charge in [0.05, 0.1) is 6.54 Å². The first kappa shape index (κ1) is 13.2. The molecule has 1 aromatic carbocycles. The van der Waals surface area contributed by atoms with Gasteiger partial charge in [-0.1, -0.05) is 30.9 Å². The molecule has 18 heavy (non-hydrogen) atoms. The maximum absolute atomic E-state index is 3.33. The summed E-state index contributed by atoms with van der Waals surface area (Å²) in [5, 5.41) is 0. The van der Waals surface area contributed by atoms with Crippen molar-refractivity contribution >= 4 is 0 Å². The smallest absolute Gasteiger partial charge is 0.0605 e. The zero-order chi connectivity index (χ0) is 13.0. The third kappa shape index (κ3) is 3.37. The summed E-state index contributed by atoms with van der Waals surface area (Å²) in [7, 11) is 0. The number of piperidine rings is 1. The molecule has 1 aliphatic rings. The van der Waals surface area contributed by atoms with Crippen molar-refractivity contribution in [3.8, 4) is 11.8 Å². The summed E-state index contributed by atoms with van der Waals surface area (Å²) in [5.41, 5.74) is 3.83. The molecule has 2 rings (SSSR count). The first-order chi connectivity index (χ1) is 8.66. The van der Waals surface area contributed by atoms with E-state index in [0.717, 1.165) is 12.5 Å². The maximum Gasteiger partial charge on any atom is 0.0605 e. The molecule has 0 bridgehead atoms. The van der Waals surface area contributed by atoms with Crippen molar-refractivity contribution in [1.29, 1.82) is 0 Å². The molecular formula is C17H23N. The lowest BCUT2D eigenvalue weighted by Crippen LogP contribution is -2.33. The molecule has 0 radical (unpaired) electrons. The molecule has 0 spiro atoms. The van der Waals surface area contributed by atoms with Crippen LogP contribution in [0.3, 0.4) is 0 Å². The van der Waals surface area contributed by atoms with Gasteiger partial charge in [-0.2, -0.15) is 0 Å². The van der Waals surface area contributed by atoms with Crippen molar-refractivity contribution in [3.63, 3.8) is 0 Å². The molecule has 1 heteroatoms. The van der Waals surface area contributed by atoms with Crippen LogP contribution in [0, 0.1) is 31.6 Å². The molecule has 1 aromatic rings. The van der Waals surface area contributed by atoms with E-state index in [1.807, 2.05) is 0 Å². The van der Waals surface area contributed by atoms with E-state index < -0.39 is 0 Å². The number of nitrogens with zero attached hydrogens (tertiary/aromatic N) is 1. The second kappa shape index (κ2) is 6.07. The highest BCUT2D eigenvalue weighted by molar-refractivity contribution is 5.44. The third-order valence-electron chi connectivity index (χ3n) is 4.01. The molecule has 1 nitrogen and oxygen atoms in total. The molecule has 0 atom stereocenters. The van der Waals surface area contributed by atoms with Crippen molar-refractivity contribution in [2.24, 2.45) is 5.92 Å². The van der Waals surface area contributed by atoms with Gasteiger partial charge in [0.2, 0.25) is 0 Å². The van der Waals surface area contributed by atoms with Crippen LogP contribution in [-0.2, 0) is 0 Å². The molecule has 0 aliphatic carbocycles. The lowest BCUT2D eigenvalue weighted by molar-refractivity contribution is 0.213. The second-order valence-corrected chi connectivity index (χ2v) is 5.51. The van der Waals surface area contributed by atoms with Gasteiger partial charge in [-0.15, -0.1) is 0 Å². The van der Waals surface area contributed by atoms with Gasteiger partial charge in [0.15, 0.2) is 0 Å². The Bertz CT molecular complexity index is 456. The first-order valence-corrected chi connectivity index (χ1v) is 6.94. The van der Waals surface area contributed by atoms with Crippen molar-refractivity contribution in [2.75, 3.05) is 19.6 Å². The van der Waals surface area contributed by atoms with E-state index in [-0.39, 0.29) is 0 Å². The van der Waals surface area contributed by atoms with Crippen LogP contribution in [0.15, 0.2) is 18.2 Å². The van der Waals surface area contributed by atoms with E-state index >= 15 is 0 Å². The molecular weight excluding hydrogens is 218 g/mol. The van der Waals surface area contributed by atoms with E-state index in [4.69, 9.17) is 0 Å². The molecule has 1 heterocycles.